The predicted molar refractivity (Wildman–Crippen MR) is 104 cm³/mol. The van der Waals surface area contributed by atoms with Gasteiger partial charge in [0.05, 0.1) is 18.0 Å². The van der Waals surface area contributed by atoms with Crippen LogP contribution in [-0.2, 0) is 19.6 Å². The number of hydrogen-bond donors (Lipinski definition) is 1. The molecule has 0 spiro atoms. The molecule has 0 heterocycles. The van der Waals surface area contributed by atoms with Crippen LogP contribution in [0, 0.1) is 0 Å². The minimum absolute atomic E-state index is 0.254. The predicted octanol–water partition coefficient (Wildman–Crippen LogP) is 3.22. The van der Waals surface area contributed by atoms with Crippen molar-refractivity contribution in [2.24, 2.45) is 0 Å². The van der Waals surface area contributed by atoms with Crippen molar-refractivity contribution in [1.82, 2.24) is 5.32 Å². The molecule has 1 N–H and O–H groups in total. The SMILES string of the molecule is CS(=O)(=O)N(CC(=O)NCCCOC1CCCC1)c1cc(Cl)cc(Cl)c1. The lowest BCUT2D eigenvalue weighted by atomic mass is 10.3. The van der Waals surface area contributed by atoms with E-state index in [0.29, 0.717) is 35.7 Å². The van der Waals surface area contributed by atoms with Crippen molar-refractivity contribution < 1.29 is 17.9 Å². The minimum atomic E-state index is -3.66. The summed E-state index contributed by atoms with van der Waals surface area (Å²) in [6.07, 6.45) is 6.72. The van der Waals surface area contributed by atoms with Crippen LogP contribution in [0.15, 0.2) is 18.2 Å². The lowest BCUT2D eigenvalue weighted by Gasteiger charge is -2.22. The summed E-state index contributed by atoms with van der Waals surface area (Å²) in [6, 6.07) is 4.41. The van der Waals surface area contributed by atoms with Gasteiger partial charge in [0.1, 0.15) is 6.54 Å². The third-order valence-electron chi connectivity index (χ3n) is 4.12. The summed E-state index contributed by atoms with van der Waals surface area (Å²) in [7, 11) is -3.66. The van der Waals surface area contributed by atoms with Crippen LogP contribution < -0.4 is 9.62 Å². The zero-order valence-electron chi connectivity index (χ0n) is 14.7. The molecule has 1 aliphatic carbocycles. The third kappa shape index (κ3) is 6.95. The second kappa shape index (κ2) is 9.78. The summed E-state index contributed by atoms with van der Waals surface area (Å²) in [5, 5.41) is 3.31. The topological polar surface area (TPSA) is 75.7 Å². The van der Waals surface area contributed by atoms with Crippen LogP contribution in [0.3, 0.4) is 0 Å². The quantitative estimate of drug-likeness (QED) is 0.619. The van der Waals surface area contributed by atoms with E-state index in [4.69, 9.17) is 27.9 Å². The Morgan fingerprint density at radius 2 is 1.85 bits per heavy atom. The smallest absolute Gasteiger partial charge is 0.240 e. The largest absolute Gasteiger partial charge is 0.378 e. The van der Waals surface area contributed by atoms with Gasteiger partial charge in [-0.2, -0.15) is 0 Å². The molecule has 0 atom stereocenters. The average molecular weight is 423 g/mol. The molecule has 26 heavy (non-hydrogen) atoms. The molecule has 9 heteroatoms. The van der Waals surface area contributed by atoms with Gasteiger partial charge in [0.2, 0.25) is 15.9 Å². The van der Waals surface area contributed by atoms with Crippen LogP contribution in [0.1, 0.15) is 32.1 Å². The Balaban J connectivity index is 1.84. The number of nitrogens with one attached hydrogen (secondary N) is 1. The lowest BCUT2D eigenvalue weighted by Crippen LogP contribution is -2.40. The van der Waals surface area contributed by atoms with Crippen molar-refractivity contribution >= 4 is 44.8 Å². The highest BCUT2D eigenvalue weighted by atomic mass is 35.5. The summed E-state index contributed by atoms with van der Waals surface area (Å²) < 4.78 is 30.8. The Labute approximate surface area is 164 Å². The summed E-state index contributed by atoms with van der Waals surface area (Å²) in [5.41, 5.74) is 0.254. The van der Waals surface area contributed by atoms with Crippen molar-refractivity contribution in [2.45, 2.75) is 38.2 Å². The summed E-state index contributed by atoms with van der Waals surface area (Å²) in [6.45, 7) is 0.684. The van der Waals surface area contributed by atoms with Gasteiger partial charge in [0, 0.05) is 23.2 Å². The second-order valence-corrected chi connectivity index (χ2v) is 9.16. The Kier molecular flexibility index (Phi) is 8.01. The fourth-order valence-electron chi connectivity index (χ4n) is 2.87. The highest BCUT2D eigenvalue weighted by Gasteiger charge is 2.21. The third-order valence-corrected chi connectivity index (χ3v) is 5.70. The van der Waals surface area contributed by atoms with Crippen LogP contribution in [0.5, 0.6) is 0 Å². The van der Waals surface area contributed by atoms with Gasteiger partial charge in [0.25, 0.3) is 0 Å². The van der Waals surface area contributed by atoms with Crippen molar-refractivity contribution in [3.8, 4) is 0 Å². The number of halogens is 2. The molecule has 1 aromatic rings. The molecule has 0 unspecified atom stereocenters. The first kappa shape index (κ1) is 21.3. The van der Waals surface area contributed by atoms with E-state index in [2.05, 4.69) is 5.32 Å². The van der Waals surface area contributed by atoms with Gasteiger partial charge in [-0.05, 0) is 37.5 Å². The number of nitrogens with zero attached hydrogens (tertiary/aromatic N) is 1. The van der Waals surface area contributed by atoms with Gasteiger partial charge in [-0.3, -0.25) is 9.10 Å². The molecule has 146 valence electrons. The monoisotopic (exact) mass is 422 g/mol. The van der Waals surface area contributed by atoms with Crippen molar-refractivity contribution in [2.75, 3.05) is 30.3 Å². The van der Waals surface area contributed by atoms with E-state index in [9.17, 15) is 13.2 Å². The molecule has 2 rings (SSSR count). The molecular weight excluding hydrogens is 399 g/mol. The van der Waals surface area contributed by atoms with Crippen LogP contribution in [-0.4, -0.2) is 46.4 Å². The van der Waals surface area contributed by atoms with E-state index in [1.807, 2.05) is 0 Å². The van der Waals surface area contributed by atoms with Gasteiger partial charge in [-0.25, -0.2) is 8.42 Å². The number of carbonyl (C=O) groups is 1. The Morgan fingerprint density at radius 1 is 1.23 bits per heavy atom. The van der Waals surface area contributed by atoms with Gasteiger partial charge < -0.3 is 10.1 Å². The Hall–Kier alpha value is -1.02. The number of ether oxygens (including phenoxy) is 1. The van der Waals surface area contributed by atoms with E-state index in [-0.39, 0.29) is 12.2 Å². The lowest BCUT2D eigenvalue weighted by molar-refractivity contribution is -0.119. The van der Waals surface area contributed by atoms with Crippen molar-refractivity contribution in [3.05, 3.63) is 28.2 Å². The van der Waals surface area contributed by atoms with E-state index < -0.39 is 15.9 Å². The number of anilines is 1. The van der Waals surface area contributed by atoms with Crippen molar-refractivity contribution in [1.29, 1.82) is 0 Å². The number of carbonyl (C=O) groups excluding carboxylic acids is 1. The summed E-state index contributed by atoms with van der Waals surface area (Å²) >= 11 is 11.9. The summed E-state index contributed by atoms with van der Waals surface area (Å²) in [4.78, 5) is 12.1. The van der Waals surface area contributed by atoms with E-state index in [1.54, 1.807) is 0 Å². The number of hydrogen-bond acceptors (Lipinski definition) is 4. The molecule has 1 aromatic carbocycles. The average Bonchev–Trinajstić information content (AvgIpc) is 3.03. The zero-order chi connectivity index (χ0) is 19.2. The molecular formula is C17H24Cl2N2O4S. The summed E-state index contributed by atoms with van der Waals surface area (Å²) in [5.74, 6) is -0.396. The highest BCUT2D eigenvalue weighted by Crippen LogP contribution is 2.26. The second-order valence-electron chi connectivity index (χ2n) is 6.38. The van der Waals surface area contributed by atoms with Gasteiger partial charge in [-0.1, -0.05) is 36.0 Å². The van der Waals surface area contributed by atoms with Crippen LogP contribution >= 0.6 is 23.2 Å². The standard InChI is InChI=1S/C17H24Cl2N2O4S/c1-26(23,24)21(15-10-13(18)9-14(19)11-15)12-17(22)20-7-4-8-25-16-5-2-3-6-16/h9-11,16H,2-8,12H2,1H3,(H,20,22). The number of sulfonamides is 1. The zero-order valence-corrected chi connectivity index (χ0v) is 17.0. The van der Waals surface area contributed by atoms with Crippen LogP contribution in [0.4, 0.5) is 5.69 Å². The van der Waals surface area contributed by atoms with E-state index >= 15 is 0 Å². The van der Waals surface area contributed by atoms with Crippen LogP contribution in [0.25, 0.3) is 0 Å². The maximum absolute atomic E-state index is 12.1. The maximum Gasteiger partial charge on any atom is 0.240 e. The fraction of sp³-hybridized carbons (Fsp3) is 0.588. The number of rotatable bonds is 9. The molecule has 1 fully saturated rings. The normalized spacial score (nSPS) is 15.2. The minimum Gasteiger partial charge on any atom is -0.378 e. The first-order valence-corrected chi connectivity index (χ1v) is 11.2. The van der Waals surface area contributed by atoms with E-state index in [0.717, 1.165) is 23.4 Å². The molecule has 0 bridgehead atoms. The number of amides is 1. The molecule has 1 saturated carbocycles. The van der Waals surface area contributed by atoms with Crippen molar-refractivity contribution in [3.63, 3.8) is 0 Å². The van der Waals surface area contributed by atoms with Crippen LogP contribution in [0.2, 0.25) is 10.0 Å². The van der Waals surface area contributed by atoms with E-state index in [1.165, 1.54) is 31.0 Å². The Bertz CT molecular complexity index is 701. The molecule has 1 aliphatic rings. The maximum atomic E-state index is 12.1. The number of benzene rings is 1. The molecule has 0 radical (unpaired) electrons. The highest BCUT2D eigenvalue weighted by molar-refractivity contribution is 7.92. The fourth-order valence-corrected chi connectivity index (χ4v) is 4.23. The Morgan fingerprint density at radius 3 is 2.42 bits per heavy atom. The molecule has 0 aliphatic heterocycles. The van der Waals surface area contributed by atoms with Gasteiger partial charge in [0.15, 0.2) is 0 Å². The molecule has 6 nitrogen and oxygen atoms in total. The van der Waals surface area contributed by atoms with Gasteiger partial charge >= 0.3 is 0 Å². The van der Waals surface area contributed by atoms with Gasteiger partial charge in [-0.15, -0.1) is 0 Å². The first-order chi connectivity index (χ1) is 12.3. The molecule has 0 saturated heterocycles. The first-order valence-electron chi connectivity index (χ1n) is 8.58. The molecule has 0 aromatic heterocycles. The molecule has 1 amide bonds.